The first-order valence-corrected chi connectivity index (χ1v) is 7.06. The van der Waals surface area contributed by atoms with Crippen molar-refractivity contribution >= 4 is 15.8 Å². The van der Waals surface area contributed by atoms with Crippen LogP contribution in [0, 0.1) is 0 Å². The van der Waals surface area contributed by atoms with Crippen molar-refractivity contribution in [2.75, 3.05) is 18.9 Å². The average Bonchev–Trinajstić information content (AvgIpc) is 2.47. The molecule has 0 aliphatic rings. The van der Waals surface area contributed by atoms with Crippen molar-refractivity contribution in [3.05, 3.63) is 36.8 Å². The van der Waals surface area contributed by atoms with Gasteiger partial charge in [0.1, 0.15) is 16.4 Å². The van der Waals surface area contributed by atoms with Crippen molar-refractivity contribution in [3.63, 3.8) is 0 Å². The Hall–Kier alpha value is -2.35. The van der Waals surface area contributed by atoms with Crippen LogP contribution in [0.1, 0.15) is 0 Å². The van der Waals surface area contributed by atoms with Crippen LogP contribution in [0.5, 0.6) is 11.5 Å². The summed E-state index contributed by atoms with van der Waals surface area (Å²) in [4.78, 5) is 7.64. The molecule has 0 amide bonds. The number of aromatic nitrogens is 2. The minimum atomic E-state index is -3.81. The van der Waals surface area contributed by atoms with E-state index in [9.17, 15) is 8.42 Å². The molecule has 20 heavy (non-hydrogen) atoms. The third-order valence-corrected chi connectivity index (χ3v) is 3.86. The summed E-state index contributed by atoms with van der Waals surface area (Å²) in [5.41, 5.74) is 0. The van der Waals surface area contributed by atoms with Crippen molar-refractivity contribution in [2.45, 2.75) is 4.90 Å². The number of nitrogens with zero attached hydrogens (tertiary/aromatic N) is 2. The van der Waals surface area contributed by atoms with Crippen molar-refractivity contribution in [1.29, 1.82) is 0 Å². The Labute approximate surface area is 116 Å². The lowest BCUT2D eigenvalue weighted by Gasteiger charge is -2.11. The number of nitrogens with one attached hydrogen (secondary N) is 1. The lowest BCUT2D eigenvalue weighted by atomic mass is 10.3. The van der Waals surface area contributed by atoms with Gasteiger partial charge in [-0.1, -0.05) is 0 Å². The van der Waals surface area contributed by atoms with Crippen LogP contribution in [0.3, 0.4) is 0 Å². The summed E-state index contributed by atoms with van der Waals surface area (Å²) in [5.74, 6) is 0.811. The molecule has 0 fully saturated rings. The van der Waals surface area contributed by atoms with Crippen LogP contribution in [0.2, 0.25) is 0 Å². The summed E-state index contributed by atoms with van der Waals surface area (Å²) < 4.78 is 37.0. The third-order valence-electron chi connectivity index (χ3n) is 2.46. The van der Waals surface area contributed by atoms with Crippen molar-refractivity contribution in [3.8, 4) is 11.5 Å². The Morgan fingerprint density at radius 3 is 2.55 bits per heavy atom. The fraction of sp³-hybridized carbons (Fsp3) is 0.167. The van der Waals surface area contributed by atoms with E-state index in [1.54, 1.807) is 0 Å². The number of sulfonamides is 1. The molecular formula is C12H13N3O4S. The van der Waals surface area contributed by atoms with Crippen LogP contribution in [0.4, 0.5) is 5.82 Å². The van der Waals surface area contributed by atoms with E-state index in [1.165, 1.54) is 51.0 Å². The zero-order valence-corrected chi connectivity index (χ0v) is 11.7. The zero-order chi connectivity index (χ0) is 14.6. The maximum atomic E-state index is 12.3. The van der Waals surface area contributed by atoms with Gasteiger partial charge >= 0.3 is 0 Å². The van der Waals surface area contributed by atoms with Crippen LogP contribution >= 0.6 is 0 Å². The van der Waals surface area contributed by atoms with E-state index in [0.29, 0.717) is 5.75 Å². The van der Waals surface area contributed by atoms with Crippen molar-refractivity contribution in [2.24, 2.45) is 0 Å². The van der Waals surface area contributed by atoms with Gasteiger partial charge in [0.15, 0.2) is 5.82 Å². The van der Waals surface area contributed by atoms with Gasteiger partial charge in [-0.25, -0.2) is 13.4 Å². The first-order chi connectivity index (χ1) is 9.56. The Balaban J connectivity index is 2.39. The predicted octanol–water partition coefficient (Wildman–Crippen LogP) is 1.29. The van der Waals surface area contributed by atoms with Gasteiger partial charge in [0.2, 0.25) is 0 Å². The lowest BCUT2D eigenvalue weighted by Crippen LogP contribution is -2.15. The van der Waals surface area contributed by atoms with E-state index < -0.39 is 10.0 Å². The first kappa shape index (κ1) is 14.1. The summed E-state index contributed by atoms with van der Waals surface area (Å²) in [5, 5.41) is 0. The van der Waals surface area contributed by atoms with Crippen molar-refractivity contribution in [1.82, 2.24) is 9.97 Å². The first-order valence-electron chi connectivity index (χ1n) is 5.57. The quantitative estimate of drug-likeness (QED) is 0.894. The number of benzene rings is 1. The van der Waals surface area contributed by atoms with E-state index in [-0.39, 0.29) is 16.5 Å². The highest BCUT2D eigenvalue weighted by Gasteiger charge is 2.20. The Morgan fingerprint density at radius 2 is 1.95 bits per heavy atom. The van der Waals surface area contributed by atoms with Crippen LogP contribution in [-0.4, -0.2) is 32.6 Å². The van der Waals surface area contributed by atoms with Gasteiger partial charge in [0.25, 0.3) is 10.0 Å². The molecule has 0 radical (unpaired) electrons. The van der Waals surface area contributed by atoms with Gasteiger partial charge in [-0.2, -0.15) is 0 Å². The van der Waals surface area contributed by atoms with Crippen LogP contribution in [0.15, 0.2) is 41.7 Å². The molecule has 106 valence electrons. The van der Waals surface area contributed by atoms with Gasteiger partial charge in [0, 0.05) is 18.5 Å². The van der Waals surface area contributed by atoms with E-state index in [2.05, 4.69) is 14.7 Å². The lowest BCUT2D eigenvalue weighted by molar-refractivity contribution is 0.386. The molecule has 0 unspecified atom stereocenters. The van der Waals surface area contributed by atoms with Gasteiger partial charge < -0.3 is 9.47 Å². The normalized spacial score (nSPS) is 10.9. The number of anilines is 1. The molecule has 1 heterocycles. The molecular weight excluding hydrogens is 282 g/mol. The van der Waals surface area contributed by atoms with Gasteiger partial charge in [-0.3, -0.25) is 9.71 Å². The summed E-state index contributed by atoms with van der Waals surface area (Å²) >= 11 is 0. The second kappa shape index (κ2) is 5.74. The maximum Gasteiger partial charge on any atom is 0.266 e. The maximum absolute atomic E-state index is 12.3. The Bertz CT molecular complexity index is 689. The molecule has 8 heteroatoms. The molecule has 0 spiro atoms. The molecule has 0 saturated carbocycles. The molecule has 1 aromatic heterocycles. The fourth-order valence-electron chi connectivity index (χ4n) is 1.54. The Morgan fingerprint density at radius 1 is 1.15 bits per heavy atom. The molecule has 1 N–H and O–H groups in total. The van der Waals surface area contributed by atoms with Crippen molar-refractivity contribution < 1.29 is 17.9 Å². The number of hydrogen-bond donors (Lipinski definition) is 1. The van der Waals surface area contributed by atoms with Crippen LogP contribution in [-0.2, 0) is 10.0 Å². The second-order valence-corrected chi connectivity index (χ2v) is 5.36. The molecule has 0 aliphatic carbocycles. The average molecular weight is 295 g/mol. The molecule has 0 saturated heterocycles. The summed E-state index contributed by atoms with van der Waals surface area (Å²) in [6.45, 7) is 0. The highest BCUT2D eigenvalue weighted by atomic mass is 32.2. The molecule has 0 bridgehead atoms. The second-order valence-electron chi connectivity index (χ2n) is 3.71. The number of ether oxygens (including phenoxy) is 2. The third kappa shape index (κ3) is 2.97. The smallest absolute Gasteiger partial charge is 0.266 e. The van der Waals surface area contributed by atoms with Crippen LogP contribution in [0.25, 0.3) is 0 Å². The zero-order valence-electron chi connectivity index (χ0n) is 10.9. The van der Waals surface area contributed by atoms with E-state index in [1.807, 2.05) is 0 Å². The monoisotopic (exact) mass is 295 g/mol. The molecule has 2 aromatic rings. The minimum absolute atomic E-state index is 0.00791. The molecule has 1 aromatic carbocycles. The number of methoxy groups -OCH3 is 2. The number of rotatable bonds is 5. The minimum Gasteiger partial charge on any atom is -0.497 e. The molecule has 7 nitrogen and oxygen atoms in total. The van der Waals surface area contributed by atoms with Gasteiger partial charge in [-0.05, 0) is 12.1 Å². The number of hydrogen-bond acceptors (Lipinski definition) is 6. The molecule has 0 atom stereocenters. The fourth-order valence-corrected chi connectivity index (χ4v) is 2.69. The van der Waals surface area contributed by atoms with E-state index in [4.69, 9.17) is 9.47 Å². The molecule has 2 rings (SSSR count). The highest BCUT2D eigenvalue weighted by Crippen LogP contribution is 2.29. The van der Waals surface area contributed by atoms with E-state index in [0.717, 1.165) is 0 Å². The topological polar surface area (TPSA) is 90.4 Å². The van der Waals surface area contributed by atoms with E-state index >= 15 is 0 Å². The Kier molecular flexibility index (Phi) is 4.04. The summed E-state index contributed by atoms with van der Waals surface area (Å²) in [6.07, 6.45) is 4.16. The SMILES string of the molecule is COc1ccc(S(=O)(=O)Nc2cnccn2)c(OC)c1. The van der Waals surface area contributed by atoms with Gasteiger partial charge in [-0.15, -0.1) is 0 Å². The summed E-state index contributed by atoms with van der Waals surface area (Å²) in [7, 11) is -0.942. The molecule has 0 aliphatic heterocycles. The van der Waals surface area contributed by atoms with Gasteiger partial charge in [0.05, 0.1) is 20.4 Å². The standard InChI is InChI=1S/C12H13N3O4S/c1-18-9-3-4-11(10(7-9)19-2)20(16,17)15-12-8-13-5-6-14-12/h3-8H,1-2H3,(H,14,15). The summed E-state index contributed by atoms with van der Waals surface area (Å²) in [6, 6.07) is 4.43. The van der Waals surface area contributed by atoms with Crippen LogP contribution < -0.4 is 14.2 Å². The largest absolute Gasteiger partial charge is 0.497 e. The predicted molar refractivity (Wildman–Crippen MR) is 72.4 cm³/mol. The highest BCUT2D eigenvalue weighted by molar-refractivity contribution is 7.92.